The molecule has 0 fully saturated rings. The molecule has 18 heavy (non-hydrogen) atoms. The van der Waals surface area contributed by atoms with Crippen LogP contribution in [0.15, 0.2) is 12.1 Å². The van der Waals surface area contributed by atoms with E-state index in [2.05, 4.69) is 35.9 Å². The summed E-state index contributed by atoms with van der Waals surface area (Å²) in [6.45, 7) is 6.92. The van der Waals surface area contributed by atoms with Crippen molar-refractivity contribution in [2.75, 3.05) is 20.1 Å². The molecule has 4 nitrogen and oxygen atoms in total. The lowest BCUT2D eigenvalue weighted by Crippen LogP contribution is -2.41. The number of nitrogens with zero attached hydrogens (tertiary/aromatic N) is 2. The summed E-state index contributed by atoms with van der Waals surface area (Å²) in [5.74, 6) is 0.280. The van der Waals surface area contributed by atoms with Crippen LogP contribution in [0.25, 0.3) is 0 Å². The molecular weight excluding hydrogens is 226 g/mol. The van der Waals surface area contributed by atoms with Gasteiger partial charge in [-0.25, -0.2) is 0 Å². The number of hydrogen-bond donors (Lipinski definition) is 1. The number of amides is 1. The van der Waals surface area contributed by atoms with E-state index < -0.39 is 0 Å². The van der Waals surface area contributed by atoms with Gasteiger partial charge in [0.1, 0.15) is 0 Å². The fourth-order valence-electron chi connectivity index (χ4n) is 2.72. The lowest BCUT2D eigenvalue weighted by Gasteiger charge is -2.35. The minimum Gasteiger partial charge on any atom is -0.345 e. The highest BCUT2D eigenvalue weighted by atomic mass is 16.2. The first-order chi connectivity index (χ1) is 8.65. The molecule has 1 aliphatic rings. The molecular formula is C14H23N3O. The normalized spacial score (nSPS) is 18.8. The summed E-state index contributed by atoms with van der Waals surface area (Å²) < 4.78 is 2.32. The second kappa shape index (κ2) is 5.57. The second-order valence-corrected chi connectivity index (χ2v) is 5.02. The number of aryl methyl sites for hydroxylation is 1. The first-order valence-corrected chi connectivity index (χ1v) is 6.75. The Morgan fingerprint density at radius 1 is 1.44 bits per heavy atom. The molecule has 0 saturated carbocycles. The van der Waals surface area contributed by atoms with Gasteiger partial charge in [-0.1, -0.05) is 0 Å². The van der Waals surface area contributed by atoms with Crippen molar-refractivity contribution in [1.29, 1.82) is 0 Å². The fraction of sp³-hybridized carbons (Fsp3) is 0.643. The van der Waals surface area contributed by atoms with Gasteiger partial charge >= 0.3 is 0 Å². The number of rotatable bonds is 4. The van der Waals surface area contributed by atoms with E-state index in [0.717, 1.165) is 26.1 Å². The molecule has 0 bridgehead atoms. The summed E-state index contributed by atoms with van der Waals surface area (Å²) in [6.07, 6.45) is 1.56. The van der Waals surface area contributed by atoms with E-state index in [4.69, 9.17) is 0 Å². The number of carbonyl (C=O) groups is 1. The second-order valence-electron chi connectivity index (χ2n) is 5.02. The smallest absolute Gasteiger partial charge is 0.223 e. The number of carbonyl (C=O) groups excluding carboxylic acids is 1. The third-order valence-electron chi connectivity index (χ3n) is 3.83. The summed E-state index contributed by atoms with van der Waals surface area (Å²) in [4.78, 5) is 14.2. The highest BCUT2D eigenvalue weighted by Crippen LogP contribution is 2.27. The Kier molecular flexibility index (Phi) is 4.07. The largest absolute Gasteiger partial charge is 0.345 e. The Labute approximate surface area is 109 Å². The van der Waals surface area contributed by atoms with Crippen LogP contribution >= 0.6 is 0 Å². The van der Waals surface area contributed by atoms with Crippen LogP contribution in [0.4, 0.5) is 0 Å². The molecule has 0 saturated heterocycles. The Morgan fingerprint density at radius 2 is 2.22 bits per heavy atom. The summed E-state index contributed by atoms with van der Waals surface area (Å²) in [7, 11) is 1.92. The van der Waals surface area contributed by atoms with Gasteiger partial charge in [-0.3, -0.25) is 4.79 Å². The van der Waals surface area contributed by atoms with Crippen LogP contribution in [-0.2, 0) is 11.3 Å². The number of nitrogens with one attached hydrogen (secondary N) is 1. The Hall–Kier alpha value is -1.29. The molecule has 0 radical (unpaired) electrons. The van der Waals surface area contributed by atoms with Crippen LogP contribution < -0.4 is 5.32 Å². The maximum absolute atomic E-state index is 12.2. The van der Waals surface area contributed by atoms with E-state index in [-0.39, 0.29) is 11.9 Å². The lowest BCUT2D eigenvalue weighted by atomic mass is 10.1. The van der Waals surface area contributed by atoms with Gasteiger partial charge in [0.2, 0.25) is 5.91 Å². The van der Waals surface area contributed by atoms with Gasteiger partial charge in [0.05, 0.1) is 6.04 Å². The average molecular weight is 249 g/mol. The van der Waals surface area contributed by atoms with Gasteiger partial charge in [0.25, 0.3) is 0 Å². The molecule has 1 N–H and O–H groups in total. The highest BCUT2D eigenvalue weighted by Gasteiger charge is 2.27. The van der Waals surface area contributed by atoms with Crippen molar-refractivity contribution < 1.29 is 4.79 Å². The van der Waals surface area contributed by atoms with Gasteiger partial charge in [-0.2, -0.15) is 0 Å². The molecule has 0 aromatic carbocycles. The topological polar surface area (TPSA) is 37.3 Å². The number of fused-ring (bicyclic) bond motifs is 1. The lowest BCUT2D eigenvalue weighted by molar-refractivity contribution is -0.134. The Balaban J connectivity index is 2.02. The minimum atomic E-state index is 0.203. The highest BCUT2D eigenvalue weighted by molar-refractivity contribution is 5.76. The van der Waals surface area contributed by atoms with Crippen molar-refractivity contribution in [2.24, 2.45) is 0 Å². The predicted octanol–water partition coefficient (Wildman–Crippen LogP) is 1.70. The molecule has 1 unspecified atom stereocenters. The average Bonchev–Trinajstić information content (AvgIpc) is 2.73. The molecule has 0 aliphatic carbocycles. The first kappa shape index (κ1) is 13.1. The molecule has 1 amide bonds. The minimum absolute atomic E-state index is 0.203. The van der Waals surface area contributed by atoms with E-state index >= 15 is 0 Å². The molecule has 2 heterocycles. The molecule has 0 spiro atoms. The van der Waals surface area contributed by atoms with Crippen LogP contribution in [0.3, 0.4) is 0 Å². The third-order valence-corrected chi connectivity index (χ3v) is 3.83. The quantitative estimate of drug-likeness (QED) is 0.825. The van der Waals surface area contributed by atoms with E-state index in [1.807, 2.05) is 11.9 Å². The van der Waals surface area contributed by atoms with E-state index in [1.54, 1.807) is 0 Å². The van der Waals surface area contributed by atoms with Gasteiger partial charge in [-0.15, -0.1) is 0 Å². The van der Waals surface area contributed by atoms with E-state index in [0.29, 0.717) is 6.42 Å². The SMILES string of the molecule is CNCCCC(=O)N1CCn2c(C)ccc2C1C. The van der Waals surface area contributed by atoms with Crippen molar-refractivity contribution in [1.82, 2.24) is 14.8 Å². The molecule has 100 valence electrons. The zero-order valence-corrected chi connectivity index (χ0v) is 11.6. The summed E-state index contributed by atoms with van der Waals surface area (Å²) in [6, 6.07) is 4.49. The van der Waals surface area contributed by atoms with Crippen molar-refractivity contribution in [3.63, 3.8) is 0 Å². The number of aromatic nitrogens is 1. The van der Waals surface area contributed by atoms with E-state index in [9.17, 15) is 4.79 Å². The van der Waals surface area contributed by atoms with Crippen LogP contribution in [0, 0.1) is 6.92 Å². The summed E-state index contributed by atoms with van der Waals surface area (Å²) in [5.41, 5.74) is 2.56. The maximum atomic E-state index is 12.2. The molecule has 1 aromatic rings. The summed E-state index contributed by atoms with van der Waals surface area (Å²) >= 11 is 0. The van der Waals surface area contributed by atoms with E-state index in [1.165, 1.54) is 11.4 Å². The summed E-state index contributed by atoms with van der Waals surface area (Å²) in [5, 5.41) is 3.08. The zero-order chi connectivity index (χ0) is 13.1. The third kappa shape index (κ3) is 2.43. The molecule has 4 heteroatoms. The fourth-order valence-corrected chi connectivity index (χ4v) is 2.72. The van der Waals surface area contributed by atoms with Gasteiger partial charge in [0.15, 0.2) is 0 Å². The standard InChI is InChI=1S/C14H23N3O/c1-11-6-7-13-12(2)17(10-9-16(11)13)14(18)5-4-8-15-3/h6-7,12,15H,4-5,8-10H2,1-3H3. The molecule has 1 aliphatic heterocycles. The zero-order valence-electron chi connectivity index (χ0n) is 11.6. The molecule has 1 aromatic heterocycles. The molecule has 1 atom stereocenters. The van der Waals surface area contributed by atoms with Crippen molar-refractivity contribution in [3.05, 3.63) is 23.5 Å². The monoisotopic (exact) mass is 249 g/mol. The predicted molar refractivity (Wildman–Crippen MR) is 72.5 cm³/mol. The van der Waals surface area contributed by atoms with Crippen LogP contribution in [0.2, 0.25) is 0 Å². The Bertz CT molecular complexity index is 425. The van der Waals surface area contributed by atoms with Crippen LogP contribution in [0.5, 0.6) is 0 Å². The van der Waals surface area contributed by atoms with Crippen LogP contribution in [0.1, 0.15) is 37.2 Å². The first-order valence-electron chi connectivity index (χ1n) is 6.75. The van der Waals surface area contributed by atoms with Gasteiger partial charge in [0, 0.05) is 30.9 Å². The van der Waals surface area contributed by atoms with Gasteiger partial charge in [-0.05, 0) is 46.0 Å². The van der Waals surface area contributed by atoms with Crippen LogP contribution in [-0.4, -0.2) is 35.5 Å². The van der Waals surface area contributed by atoms with Crippen molar-refractivity contribution >= 4 is 5.91 Å². The Morgan fingerprint density at radius 3 is 2.94 bits per heavy atom. The molecule has 2 rings (SSSR count). The van der Waals surface area contributed by atoms with Gasteiger partial charge < -0.3 is 14.8 Å². The maximum Gasteiger partial charge on any atom is 0.223 e. The van der Waals surface area contributed by atoms with Crippen molar-refractivity contribution in [2.45, 2.75) is 39.3 Å². The van der Waals surface area contributed by atoms with Crippen molar-refractivity contribution in [3.8, 4) is 0 Å². The number of hydrogen-bond acceptors (Lipinski definition) is 2.